The van der Waals surface area contributed by atoms with Crippen LogP contribution in [0, 0.1) is 0 Å². The lowest BCUT2D eigenvalue weighted by atomic mass is 9.59. The summed E-state index contributed by atoms with van der Waals surface area (Å²) in [5.74, 6) is 0. The van der Waals surface area contributed by atoms with Gasteiger partial charge in [0.05, 0.1) is 50.2 Å². The van der Waals surface area contributed by atoms with Gasteiger partial charge in [-0.3, -0.25) is 0 Å². The molecule has 2 aliphatic rings. The Morgan fingerprint density at radius 3 is 0.910 bits per heavy atom. The van der Waals surface area contributed by atoms with Crippen molar-refractivity contribution < 1.29 is 0 Å². The Bertz CT molecular complexity index is 5160. The normalized spacial score (nSPS) is 13.0. The molecule has 14 aromatic carbocycles. The average molecular weight is 1130 g/mol. The van der Waals surface area contributed by atoms with E-state index >= 15 is 0 Å². The van der Waals surface area contributed by atoms with Crippen molar-refractivity contribution >= 4 is 77.7 Å². The summed E-state index contributed by atoms with van der Waals surface area (Å²) >= 11 is 0. The van der Waals surface area contributed by atoms with E-state index in [1.54, 1.807) is 0 Å². The molecule has 4 nitrogen and oxygen atoms in total. The maximum Gasteiger partial charge on any atom is 0.0783 e. The standard InChI is InChI=1S/C85H56N4/c1-5-21-57(22-6-1)59-37-45-67(46-38-59)88-81-35-19-15-31-73(81)85(74-32-16-20-36-82(74)88)75-55-63(61-41-49-79-71(53-61)69-29-13-17-33-77(69)86(79)65-25-9-3-10-26-65)43-51-83(75)89(68-47-39-60(40-48-68)58-23-7-2-8-24-58)84-52-44-64(56-76(84)85)62-42-50-80-72(54-62)70-30-14-18-34-78(70)87(80)66-27-11-4-12-28-66/h1-56H. The molecule has 4 heterocycles. The molecule has 18 rings (SSSR count). The van der Waals surface area contributed by atoms with Crippen LogP contribution >= 0.6 is 0 Å². The molecular formula is C85H56N4. The zero-order chi connectivity index (χ0) is 58.6. The first-order valence-corrected chi connectivity index (χ1v) is 30.7. The van der Waals surface area contributed by atoms with Gasteiger partial charge in [-0.1, -0.05) is 218 Å². The van der Waals surface area contributed by atoms with Gasteiger partial charge in [0.15, 0.2) is 0 Å². The number of hydrogen-bond acceptors (Lipinski definition) is 2. The molecule has 2 aliphatic heterocycles. The number of rotatable bonds is 8. The van der Waals surface area contributed by atoms with Gasteiger partial charge in [0.2, 0.25) is 0 Å². The zero-order valence-corrected chi connectivity index (χ0v) is 48.6. The van der Waals surface area contributed by atoms with Gasteiger partial charge in [-0.25, -0.2) is 0 Å². The highest BCUT2D eigenvalue weighted by Gasteiger charge is 2.52. The smallest absolute Gasteiger partial charge is 0.0783 e. The van der Waals surface area contributed by atoms with Crippen molar-refractivity contribution in [1.82, 2.24) is 9.13 Å². The monoisotopic (exact) mass is 1130 g/mol. The molecule has 0 bridgehead atoms. The Labute approximate surface area is 516 Å². The summed E-state index contributed by atoms with van der Waals surface area (Å²) in [5, 5.41) is 4.89. The largest absolute Gasteiger partial charge is 0.310 e. The summed E-state index contributed by atoms with van der Waals surface area (Å²) in [6.45, 7) is 0. The van der Waals surface area contributed by atoms with Crippen LogP contribution in [0.1, 0.15) is 22.3 Å². The molecule has 1 spiro atoms. The molecule has 0 unspecified atom stereocenters. The van der Waals surface area contributed by atoms with Crippen LogP contribution in [0.2, 0.25) is 0 Å². The second-order valence-corrected chi connectivity index (χ2v) is 23.6. The highest BCUT2D eigenvalue weighted by atomic mass is 15.2. The topological polar surface area (TPSA) is 16.3 Å². The lowest BCUT2D eigenvalue weighted by Gasteiger charge is -2.51. The Balaban J connectivity index is 0.913. The number of anilines is 6. The van der Waals surface area contributed by atoms with Crippen LogP contribution < -0.4 is 9.80 Å². The van der Waals surface area contributed by atoms with Gasteiger partial charge < -0.3 is 18.9 Å². The van der Waals surface area contributed by atoms with Crippen molar-refractivity contribution in [3.8, 4) is 55.9 Å². The molecule has 0 saturated heterocycles. The molecule has 0 radical (unpaired) electrons. The van der Waals surface area contributed by atoms with Gasteiger partial charge in [0.25, 0.3) is 0 Å². The molecule has 0 fully saturated rings. The van der Waals surface area contributed by atoms with E-state index in [4.69, 9.17) is 0 Å². The summed E-state index contributed by atoms with van der Waals surface area (Å²) in [5.41, 5.74) is 27.1. The third-order valence-corrected chi connectivity index (χ3v) is 18.9. The Morgan fingerprint density at radius 1 is 0.180 bits per heavy atom. The van der Waals surface area contributed by atoms with Gasteiger partial charge in [0, 0.05) is 44.3 Å². The molecule has 0 N–H and O–H groups in total. The van der Waals surface area contributed by atoms with Gasteiger partial charge in [-0.05, 0) is 188 Å². The Hall–Kier alpha value is -11.7. The van der Waals surface area contributed by atoms with Crippen LogP contribution in [0.4, 0.5) is 34.1 Å². The third-order valence-electron chi connectivity index (χ3n) is 18.9. The fourth-order valence-electron chi connectivity index (χ4n) is 15.0. The number of hydrogen-bond donors (Lipinski definition) is 0. The third kappa shape index (κ3) is 7.80. The molecule has 89 heavy (non-hydrogen) atoms. The Morgan fingerprint density at radius 2 is 0.483 bits per heavy atom. The molecule has 0 amide bonds. The predicted octanol–water partition coefficient (Wildman–Crippen LogP) is 22.5. The molecule has 0 atom stereocenters. The quantitative estimate of drug-likeness (QED) is 0.151. The van der Waals surface area contributed by atoms with Crippen molar-refractivity contribution in [2.24, 2.45) is 0 Å². The fourth-order valence-corrected chi connectivity index (χ4v) is 15.0. The van der Waals surface area contributed by atoms with Crippen LogP contribution in [-0.4, -0.2) is 9.13 Å². The minimum atomic E-state index is -0.842. The number of aromatic nitrogens is 2. The van der Waals surface area contributed by atoms with Gasteiger partial charge >= 0.3 is 0 Å². The summed E-state index contributed by atoms with van der Waals surface area (Å²) < 4.78 is 4.81. The summed E-state index contributed by atoms with van der Waals surface area (Å²) in [6.07, 6.45) is 0. The molecule has 16 aromatic rings. The predicted molar refractivity (Wildman–Crippen MR) is 372 cm³/mol. The van der Waals surface area contributed by atoms with Crippen LogP contribution in [0.5, 0.6) is 0 Å². The SMILES string of the molecule is c1ccc(-c2ccc(N3c4ccccc4C4(c5ccccc53)c3cc(-c5ccc6c(c5)c5ccccc5n6-c5ccccc5)ccc3N(c3ccc(-c5ccccc5)cc3)c3ccc(-c5ccc6c(c5)c5ccccc5n6-c5ccccc5)cc34)cc2)cc1. The van der Waals surface area contributed by atoms with Crippen molar-refractivity contribution in [3.05, 3.63) is 362 Å². The van der Waals surface area contributed by atoms with E-state index in [0.29, 0.717) is 0 Å². The van der Waals surface area contributed by atoms with E-state index in [0.717, 1.165) is 67.8 Å². The summed E-state index contributed by atoms with van der Waals surface area (Å²) in [7, 11) is 0. The van der Waals surface area contributed by atoms with Gasteiger partial charge in [-0.15, -0.1) is 0 Å². The number of para-hydroxylation sites is 6. The lowest BCUT2D eigenvalue weighted by Crippen LogP contribution is -2.42. The van der Waals surface area contributed by atoms with Crippen LogP contribution in [0.25, 0.3) is 99.5 Å². The van der Waals surface area contributed by atoms with Crippen LogP contribution in [0.15, 0.2) is 340 Å². The molecule has 0 saturated carbocycles. The molecular weight excluding hydrogens is 1080 g/mol. The molecule has 416 valence electrons. The summed E-state index contributed by atoms with van der Waals surface area (Å²) in [6, 6.07) is 126. The van der Waals surface area contributed by atoms with Crippen molar-refractivity contribution in [3.63, 3.8) is 0 Å². The van der Waals surface area contributed by atoms with Crippen LogP contribution in [0.3, 0.4) is 0 Å². The first-order valence-electron chi connectivity index (χ1n) is 30.7. The minimum absolute atomic E-state index is 0.842. The van der Waals surface area contributed by atoms with Crippen molar-refractivity contribution in [2.45, 2.75) is 5.41 Å². The number of fused-ring (bicyclic) bond motifs is 14. The van der Waals surface area contributed by atoms with Gasteiger partial charge in [-0.2, -0.15) is 0 Å². The van der Waals surface area contributed by atoms with Crippen molar-refractivity contribution in [1.29, 1.82) is 0 Å². The fraction of sp³-hybridized carbons (Fsp3) is 0.0118. The summed E-state index contributed by atoms with van der Waals surface area (Å²) in [4.78, 5) is 5.03. The Kier molecular flexibility index (Phi) is 11.5. The molecule has 2 aromatic heterocycles. The maximum absolute atomic E-state index is 2.54. The molecule has 0 aliphatic carbocycles. The van der Waals surface area contributed by atoms with E-state index in [9.17, 15) is 0 Å². The average Bonchev–Trinajstić information content (AvgIpc) is 2.24. The molecule has 4 heteroatoms. The van der Waals surface area contributed by atoms with E-state index in [-0.39, 0.29) is 0 Å². The van der Waals surface area contributed by atoms with E-state index < -0.39 is 5.41 Å². The first kappa shape index (κ1) is 50.6. The zero-order valence-electron chi connectivity index (χ0n) is 48.6. The second kappa shape index (κ2) is 20.2. The first-order chi connectivity index (χ1) is 44.2. The van der Waals surface area contributed by atoms with E-state index in [1.165, 1.54) is 88.1 Å². The maximum atomic E-state index is 2.54. The number of nitrogens with zero attached hydrogens (tertiary/aromatic N) is 4. The number of benzene rings is 14. The van der Waals surface area contributed by atoms with Crippen molar-refractivity contribution in [2.75, 3.05) is 9.80 Å². The minimum Gasteiger partial charge on any atom is -0.310 e. The van der Waals surface area contributed by atoms with E-state index in [1.807, 2.05) is 0 Å². The van der Waals surface area contributed by atoms with Gasteiger partial charge in [0.1, 0.15) is 0 Å². The van der Waals surface area contributed by atoms with Crippen LogP contribution in [-0.2, 0) is 5.41 Å². The van der Waals surface area contributed by atoms with E-state index in [2.05, 4.69) is 359 Å². The highest BCUT2D eigenvalue weighted by molar-refractivity contribution is 6.12. The lowest BCUT2D eigenvalue weighted by molar-refractivity contribution is 0.719. The highest BCUT2D eigenvalue weighted by Crippen LogP contribution is 2.65. The second-order valence-electron chi connectivity index (χ2n) is 23.6.